The third kappa shape index (κ3) is 2.18. The largest absolute Gasteiger partial charge is 0.506 e. The van der Waals surface area contributed by atoms with E-state index in [1.165, 1.54) is 12.1 Å². The highest BCUT2D eigenvalue weighted by atomic mass is 16.4. The predicted octanol–water partition coefficient (Wildman–Crippen LogP) is 2.76. The van der Waals surface area contributed by atoms with E-state index in [0.29, 0.717) is 29.9 Å². The molecule has 5 heteroatoms. The maximum atomic E-state index is 12.1. The fourth-order valence-electron chi connectivity index (χ4n) is 2.27. The molecule has 0 aliphatic heterocycles. The van der Waals surface area contributed by atoms with Crippen LogP contribution < -0.4 is 5.32 Å². The fraction of sp³-hybridized carbons (Fsp3) is 0.200. The number of fused-ring (bicyclic) bond motifs is 1. The van der Waals surface area contributed by atoms with Crippen molar-refractivity contribution in [3.8, 4) is 5.75 Å². The van der Waals surface area contributed by atoms with Crippen molar-refractivity contribution in [2.45, 2.75) is 19.3 Å². The Morgan fingerprint density at radius 3 is 2.80 bits per heavy atom. The van der Waals surface area contributed by atoms with Crippen molar-refractivity contribution in [3.63, 3.8) is 0 Å². The maximum Gasteiger partial charge on any atom is 0.291 e. The molecule has 1 heterocycles. The number of furan rings is 1. The minimum atomic E-state index is -0.478. The molecule has 0 atom stereocenters. The lowest BCUT2D eigenvalue weighted by Gasteiger charge is -2.06. The second kappa shape index (κ2) is 4.85. The summed E-state index contributed by atoms with van der Waals surface area (Å²) >= 11 is 0. The van der Waals surface area contributed by atoms with E-state index in [1.807, 2.05) is 0 Å². The van der Waals surface area contributed by atoms with Crippen molar-refractivity contribution < 1.29 is 19.1 Å². The second-order valence-electron chi connectivity index (χ2n) is 4.70. The molecule has 2 aromatic rings. The molecule has 0 unspecified atom stereocenters. The topological polar surface area (TPSA) is 79.5 Å². The highest BCUT2D eigenvalue weighted by Crippen LogP contribution is 2.26. The van der Waals surface area contributed by atoms with E-state index in [9.17, 15) is 14.7 Å². The monoisotopic (exact) mass is 271 g/mol. The lowest BCUT2D eigenvalue weighted by atomic mass is 9.97. The van der Waals surface area contributed by atoms with Crippen molar-refractivity contribution in [1.82, 2.24) is 0 Å². The van der Waals surface area contributed by atoms with Gasteiger partial charge in [-0.2, -0.15) is 0 Å². The summed E-state index contributed by atoms with van der Waals surface area (Å²) in [6, 6.07) is 7.90. The Morgan fingerprint density at radius 1 is 1.25 bits per heavy atom. The summed E-state index contributed by atoms with van der Waals surface area (Å²) in [5.41, 5.74) is 0.803. The van der Waals surface area contributed by atoms with Crippen LogP contribution in [0.15, 0.2) is 34.7 Å². The molecule has 0 fully saturated rings. The van der Waals surface area contributed by atoms with E-state index in [4.69, 9.17) is 4.42 Å². The van der Waals surface area contributed by atoms with Crippen LogP contribution in [0.2, 0.25) is 0 Å². The smallest absolute Gasteiger partial charge is 0.291 e. The predicted molar refractivity (Wildman–Crippen MR) is 72.0 cm³/mol. The number of hydrogen-bond acceptors (Lipinski definition) is 4. The number of hydrogen-bond donors (Lipinski definition) is 2. The van der Waals surface area contributed by atoms with E-state index >= 15 is 0 Å². The average molecular weight is 271 g/mol. The van der Waals surface area contributed by atoms with Crippen LogP contribution in [0, 0.1) is 0 Å². The molecule has 1 aliphatic carbocycles. The molecule has 3 rings (SSSR count). The number of amides is 1. The number of phenols is 1. The molecule has 0 bridgehead atoms. The number of nitrogens with one attached hydrogen (secondary N) is 1. The van der Waals surface area contributed by atoms with Gasteiger partial charge in [-0.15, -0.1) is 0 Å². The van der Waals surface area contributed by atoms with Gasteiger partial charge in [0.2, 0.25) is 0 Å². The minimum absolute atomic E-state index is 0.0107. The summed E-state index contributed by atoms with van der Waals surface area (Å²) < 4.78 is 5.44. The van der Waals surface area contributed by atoms with Gasteiger partial charge in [-0.3, -0.25) is 9.59 Å². The van der Waals surface area contributed by atoms with Crippen LogP contribution in [0.25, 0.3) is 0 Å². The molecule has 0 spiro atoms. The molecule has 1 aromatic heterocycles. The molecule has 1 amide bonds. The highest BCUT2D eigenvalue weighted by Gasteiger charge is 2.24. The minimum Gasteiger partial charge on any atom is -0.506 e. The Hall–Kier alpha value is -2.56. The number of carbonyl (C=O) groups is 2. The van der Waals surface area contributed by atoms with E-state index < -0.39 is 5.91 Å². The summed E-state index contributed by atoms with van der Waals surface area (Å²) in [6.45, 7) is 0. The molecule has 5 nitrogen and oxygen atoms in total. The molecular formula is C15H13NO4. The molecule has 1 aromatic carbocycles. The first-order valence-electron chi connectivity index (χ1n) is 6.40. The Balaban J connectivity index is 1.85. The quantitative estimate of drug-likeness (QED) is 0.823. The summed E-state index contributed by atoms with van der Waals surface area (Å²) in [5.74, 6) is 0.177. The summed E-state index contributed by atoms with van der Waals surface area (Å²) in [7, 11) is 0. The van der Waals surface area contributed by atoms with Gasteiger partial charge >= 0.3 is 0 Å². The number of carbonyl (C=O) groups excluding carboxylic acids is 2. The highest BCUT2D eigenvalue weighted by molar-refractivity contribution is 6.06. The Labute approximate surface area is 115 Å². The van der Waals surface area contributed by atoms with Crippen LogP contribution in [0.5, 0.6) is 5.75 Å². The van der Waals surface area contributed by atoms with Crippen molar-refractivity contribution in [2.75, 3.05) is 5.32 Å². The van der Waals surface area contributed by atoms with Crippen LogP contribution in [-0.4, -0.2) is 16.8 Å². The Kier molecular flexibility index (Phi) is 3.02. The Morgan fingerprint density at radius 2 is 2.05 bits per heavy atom. The van der Waals surface area contributed by atoms with Gasteiger partial charge in [-0.1, -0.05) is 12.1 Å². The van der Waals surface area contributed by atoms with Gasteiger partial charge in [0.1, 0.15) is 11.5 Å². The molecule has 2 N–H and O–H groups in total. The van der Waals surface area contributed by atoms with Crippen LogP contribution in [0.3, 0.4) is 0 Å². The van der Waals surface area contributed by atoms with Crippen LogP contribution in [-0.2, 0) is 6.42 Å². The van der Waals surface area contributed by atoms with Crippen molar-refractivity contribution in [3.05, 3.63) is 47.4 Å². The Bertz CT molecular complexity index is 687. The zero-order chi connectivity index (χ0) is 14.1. The van der Waals surface area contributed by atoms with Gasteiger partial charge in [0.15, 0.2) is 11.5 Å². The van der Waals surface area contributed by atoms with Crippen molar-refractivity contribution >= 4 is 17.4 Å². The zero-order valence-corrected chi connectivity index (χ0v) is 10.7. The number of para-hydroxylation sites is 2. The number of benzene rings is 1. The SMILES string of the molecule is O=C(Nc1ccccc1O)c1cc2c(o1)CCCC2=O. The fourth-order valence-corrected chi connectivity index (χ4v) is 2.27. The summed E-state index contributed by atoms with van der Waals surface area (Å²) in [6.07, 6.45) is 1.91. The van der Waals surface area contributed by atoms with Crippen molar-refractivity contribution in [1.29, 1.82) is 0 Å². The van der Waals surface area contributed by atoms with E-state index in [-0.39, 0.29) is 17.3 Å². The van der Waals surface area contributed by atoms with Crippen LogP contribution in [0.1, 0.15) is 39.5 Å². The normalized spacial score (nSPS) is 13.9. The summed E-state index contributed by atoms with van der Waals surface area (Å²) in [4.78, 5) is 23.8. The number of aryl methyl sites for hydroxylation is 1. The van der Waals surface area contributed by atoms with Gasteiger partial charge in [-0.25, -0.2) is 0 Å². The van der Waals surface area contributed by atoms with Gasteiger partial charge in [0.05, 0.1) is 11.3 Å². The number of ketones is 1. The molecule has 0 saturated carbocycles. The van der Waals surface area contributed by atoms with Crippen LogP contribution >= 0.6 is 0 Å². The first-order chi connectivity index (χ1) is 9.65. The van der Waals surface area contributed by atoms with E-state index in [2.05, 4.69) is 5.32 Å². The van der Waals surface area contributed by atoms with Gasteiger partial charge < -0.3 is 14.8 Å². The van der Waals surface area contributed by atoms with Crippen molar-refractivity contribution in [2.24, 2.45) is 0 Å². The third-order valence-electron chi connectivity index (χ3n) is 3.29. The zero-order valence-electron chi connectivity index (χ0n) is 10.7. The molecule has 102 valence electrons. The van der Waals surface area contributed by atoms with Gasteiger partial charge in [0, 0.05) is 18.9 Å². The number of anilines is 1. The maximum absolute atomic E-state index is 12.1. The van der Waals surface area contributed by atoms with Gasteiger partial charge in [0.25, 0.3) is 5.91 Å². The number of aromatic hydroxyl groups is 1. The van der Waals surface area contributed by atoms with Crippen LogP contribution in [0.4, 0.5) is 5.69 Å². The lowest BCUT2D eigenvalue weighted by molar-refractivity contribution is 0.0963. The van der Waals surface area contributed by atoms with E-state index in [0.717, 1.165) is 6.42 Å². The lowest BCUT2D eigenvalue weighted by Crippen LogP contribution is -2.11. The first kappa shape index (κ1) is 12.5. The summed E-state index contributed by atoms with van der Waals surface area (Å²) in [5, 5.41) is 12.2. The van der Waals surface area contributed by atoms with Gasteiger partial charge in [-0.05, 0) is 18.6 Å². The molecule has 0 saturated heterocycles. The first-order valence-corrected chi connectivity index (χ1v) is 6.40. The molecule has 1 aliphatic rings. The third-order valence-corrected chi connectivity index (χ3v) is 3.29. The van der Waals surface area contributed by atoms with E-state index in [1.54, 1.807) is 18.2 Å². The number of Topliss-reactive ketones (excluding diaryl/α,β-unsaturated/α-hetero) is 1. The average Bonchev–Trinajstić information content (AvgIpc) is 2.87. The molecule has 20 heavy (non-hydrogen) atoms. The molecular weight excluding hydrogens is 258 g/mol. The standard InChI is InChI=1S/C15H13NO4/c17-11-6-3-7-13-9(11)8-14(20-13)15(19)16-10-4-1-2-5-12(10)18/h1-2,4-5,8,18H,3,6-7H2,(H,16,19). The second-order valence-corrected chi connectivity index (χ2v) is 4.70. The molecule has 0 radical (unpaired) electrons. The number of phenolic OH excluding ortho intramolecular Hbond substituents is 1. The number of rotatable bonds is 2.